The molecule has 0 aliphatic heterocycles. The fraction of sp³-hybridized carbons (Fsp3) is 0.219. The van der Waals surface area contributed by atoms with Crippen molar-refractivity contribution in [3.05, 3.63) is 135 Å². The third-order valence-electron chi connectivity index (χ3n) is 7.23. The summed E-state index contributed by atoms with van der Waals surface area (Å²) in [6.45, 7) is 0.00408. The van der Waals surface area contributed by atoms with Crippen LogP contribution in [-0.4, -0.2) is 18.4 Å². The second-order valence-electron chi connectivity index (χ2n) is 10.6. The Morgan fingerprint density at radius 2 is 1.24 bits per heavy atom. The lowest BCUT2D eigenvalue weighted by Gasteiger charge is -2.37. The van der Waals surface area contributed by atoms with Crippen molar-refractivity contribution in [1.82, 2.24) is 5.32 Å². The Morgan fingerprint density at radius 1 is 0.694 bits per heavy atom. The lowest BCUT2D eigenvalue weighted by atomic mass is 9.76. The van der Waals surface area contributed by atoms with Crippen LogP contribution in [-0.2, 0) is 30.9 Å². The zero-order chi connectivity index (χ0) is 36.5. The molecule has 17 heteroatoms. The van der Waals surface area contributed by atoms with E-state index in [2.05, 4.69) is 10.1 Å². The molecule has 0 saturated carbocycles. The zero-order valence-electron chi connectivity index (χ0n) is 24.3. The fourth-order valence-electron chi connectivity index (χ4n) is 4.89. The molecule has 1 amide bonds. The number of amides is 1. The van der Waals surface area contributed by atoms with Crippen LogP contribution in [0.4, 0.5) is 57.1 Å². The zero-order valence-corrected chi connectivity index (χ0v) is 24.3. The van der Waals surface area contributed by atoms with Crippen LogP contribution in [0.2, 0.25) is 0 Å². The maximum absolute atomic E-state index is 15.1. The second kappa shape index (κ2) is 13.6. The van der Waals surface area contributed by atoms with Crippen LogP contribution < -0.4 is 15.8 Å². The largest absolute Gasteiger partial charge is 0.461 e. The predicted molar refractivity (Wildman–Crippen MR) is 147 cm³/mol. The van der Waals surface area contributed by atoms with Crippen LogP contribution in [0.15, 0.2) is 78.9 Å². The molecule has 0 aliphatic rings. The Kier molecular flexibility index (Phi) is 10.3. The lowest BCUT2D eigenvalue weighted by molar-refractivity contribution is -0.253. The van der Waals surface area contributed by atoms with Crippen LogP contribution in [0.5, 0.6) is 5.75 Å². The number of alkyl halides is 10. The second-order valence-corrected chi connectivity index (χ2v) is 10.6. The molecular weight excluding hydrogens is 691 g/mol. The van der Waals surface area contributed by atoms with E-state index in [1.165, 1.54) is 24.3 Å². The van der Waals surface area contributed by atoms with Gasteiger partial charge in [-0.2, -0.15) is 43.9 Å². The van der Waals surface area contributed by atoms with E-state index in [1.54, 1.807) is 0 Å². The van der Waals surface area contributed by atoms with Gasteiger partial charge in [0, 0.05) is 24.6 Å². The van der Waals surface area contributed by atoms with E-state index in [-0.39, 0.29) is 36.4 Å². The van der Waals surface area contributed by atoms with Gasteiger partial charge in [0.2, 0.25) is 0 Å². The first kappa shape index (κ1) is 37.0. The highest BCUT2D eigenvalue weighted by Crippen LogP contribution is 2.41. The Balaban J connectivity index is 2.06. The molecule has 0 unspecified atom stereocenters. The van der Waals surface area contributed by atoms with Crippen LogP contribution >= 0.6 is 0 Å². The summed E-state index contributed by atoms with van der Waals surface area (Å²) in [7, 11) is 0. The number of ether oxygens (including phenoxy) is 1. The van der Waals surface area contributed by atoms with Crippen molar-refractivity contribution in [2.75, 3.05) is 0 Å². The average Bonchev–Trinajstić information content (AvgIpc) is 2.99. The molecule has 4 aromatic carbocycles. The number of halogens is 13. The van der Waals surface area contributed by atoms with E-state index in [4.69, 9.17) is 5.73 Å². The van der Waals surface area contributed by atoms with E-state index < -0.39 is 93.8 Å². The lowest BCUT2D eigenvalue weighted by Crippen LogP contribution is -2.49. The van der Waals surface area contributed by atoms with Crippen molar-refractivity contribution in [1.29, 1.82) is 0 Å². The van der Waals surface area contributed by atoms with Crippen molar-refractivity contribution in [2.45, 2.75) is 43.4 Å². The molecule has 0 aromatic heterocycles. The van der Waals surface area contributed by atoms with Gasteiger partial charge in [-0.15, -0.1) is 0 Å². The number of carbonyl (C=O) groups excluding carboxylic acids is 1. The Hall–Kier alpha value is -4.80. The molecule has 49 heavy (non-hydrogen) atoms. The van der Waals surface area contributed by atoms with E-state index in [0.29, 0.717) is 35.9 Å². The maximum atomic E-state index is 15.1. The molecule has 3 N–H and O–H groups in total. The molecule has 4 nitrogen and oxygen atoms in total. The van der Waals surface area contributed by atoms with Crippen molar-refractivity contribution in [3.8, 4) is 5.75 Å². The van der Waals surface area contributed by atoms with Gasteiger partial charge < -0.3 is 15.8 Å². The number of nitrogens with one attached hydrogen (secondary N) is 1. The highest BCUT2D eigenvalue weighted by molar-refractivity contribution is 5.95. The molecule has 4 rings (SSSR count). The van der Waals surface area contributed by atoms with Gasteiger partial charge in [0.05, 0.1) is 16.7 Å². The summed E-state index contributed by atoms with van der Waals surface area (Å²) in [6.07, 6.45) is -21.2. The summed E-state index contributed by atoms with van der Waals surface area (Å²) in [5.41, 5.74) is -2.71. The van der Waals surface area contributed by atoms with Gasteiger partial charge >= 0.3 is 24.9 Å². The third kappa shape index (κ3) is 8.26. The minimum absolute atomic E-state index is 0.00408. The Labute approximate surface area is 268 Å². The molecule has 0 heterocycles. The normalized spacial score (nSPS) is 13.7. The monoisotopic (exact) mass is 712 g/mol. The van der Waals surface area contributed by atoms with Crippen molar-refractivity contribution >= 4 is 5.91 Å². The van der Waals surface area contributed by atoms with Gasteiger partial charge in [0.1, 0.15) is 23.2 Å². The number of carbonyl (C=O) groups is 1. The highest BCUT2D eigenvalue weighted by atomic mass is 19.4. The van der Waals surface area contributed by atoms with E-state index in [0.717, 1.165) is 0 Å². The first-order chi connectivity index (χ1) is 22.7. The summed E-state index contributed by atoms with van der Waals surface area (Å²) < 4.78 is 184. The van der Waals surface area contributed by atoms with Gasteiger partial charge in [-0.1, -0.05) is 30.3 Å². The molecule has 0 radical (unpaired) electrons. The first-order valence-corrected chi connectivity index (χ1v) is 13.7. The maximum Gasteiger partial charge on any atom is 0.461 e. The topological polar surface area (TPSA) is 64.3 Å². The minimum atomic E-state index is -5.40. The van der Waals surface area contributed by atoms with E-state index in [9.17, 15) is 57.5 Å². The molecule has 0 bridgehead atoms. The summed E-state index contributed by atoms with van der Waals surface area (Å²) in [5.74, 6) is -7.98. The van der Waals surface area contributed by atoms with Crippen molar-refractivity contribution < 1.29 is 66.6 Å². The molecular formula is C32H21F13N2O2. The number of hydrogen-bond donors (Lipinski definition) is 2. The fourth-order valence-corrected chi connectivity index (χ4v) is 4.89. The highest BCUT2D eigenvalue weighted by Gasteiger charge is 2.45. The van der Waals surface area contributed by atoms with Crippen LogP contribution in [0, 0.1) is 17.5 Å². The molecule has 0 aliphatic carbocycles. The van der Waals surface area contributed by atoms with Crippen molar-refractivity contribution in [2.24, 2.45) is 5.73 Å². The smallest absolute Gasteiger partial charge is 0.428 e. The molecule has 0 fully saturated rings. The number of benzene rings is 4. The van der Waals surface area contributed by atoms with Gasteiger partial charge in [0.15, 0.2) is 0 Å². The number of hydrogen-bond acceptors (Lipinski definition) is 3. The van der Waals surface area contributed by atoms with Crippen LogP contribution in [0.25, 0.3) is 0 Å². The number of nitrogens with two attached hydrogens (primary N) is 1. The van der Waals surface area contributed by atoms with Crippen molar-refractivity contribution in [3.63, 3.8) is 0 Å². The average molecular weight is 713 g/mol. The molecule has 1 atom stereocenters. The van der Waals surface area contributed by atoms with E-state index >= 15 is 4.39 Å². The molecule has 0 spiro atoms. The standard InChI is InChI=1S/C32H21F13N2O2/c33-21-10-20(11-22(13-21)49-32(44,45)28(36)37)29(14-16-1-3-17(15-46)4-2-16,19-6-8-26(35)24(12-19)31(41,42)43)47-27(48)18-5-7-25(34)23(9-18)30(38,39)40/h1-13,28H,14-15,46H2,(H,47,48)/t29-/m1/s1. The SMILES string of the molecule is NCc1ccc(C[C@](NC(=O)c2ccc(F)c(C(F)(F)F)c2)(c2cc(F)cc(OC(F)(F)C(F)F)c2)c2ccc(F)c(C(F)(F)F)c2)cc1. The Bertz CT molecular complexity index is 1820. The first-order valence-electron chi connectivity index (χ1n) is 13.7. The summed E-state index contributed by atoms with van der Waals surface area (Å²) >= 11 is 0. The molecule has 4 aromatic rings. The van der Waals surface area contributed by atoms with Gasteiger partial charge in [-0.05, 0) is 64.7 Å². The van der Waals surface area contributed by atoms with Gasteiger partial charge in [-0.25, -0.2) is 13.2 Å². The number of rotatable bonds is 10. The molecule has 0 saturated heterocycles. The summed E-state index contributed by atoms with van der Waals surface area (Å²) in [6, 6.07) is 8.76. The van der Waals surface area contributed by atoms with Gasteiger partial charge in [-0.3, -0.25) is 4.79 Å². The van der Waals surface area contributed by atoms with E-state index in [1.807, 2.05) is 0 Å². The predicted octanol–water partition coefficient (Wildman–Crippen LogP) is 8.75. The summed E-state index contributed by atoms with van der Waals surface area (Å²) in [5, 5.41) is 2.19. The third-order valence-corrected chi connectivity index (χ3v) is 7.23. The minimum Gasteiger partial charge on any atom is -0.428 e. The van der Waals surface area contributed by atoms with Crippen LogP contribution in [0.1, 0.15) is 43.7 Å². The quantitative estimate of drug-likeness (QED) is 0.162. The summed E-state index contributed by atoms with van der Waals surface area (Å²) in [4.78, 5) is 13.7. The van der Waals surface area contributed by atoms with Gasteiger partial charge in [0.25, 0.3) is 5.91 Å². The Morgan fingerprint density at radius 3 is 1.80 bits per heavy atom. The molecule has 262 valence electrons. The van der Waals surface area contributed by atoms with Crippen LogP contribution in [0.3, 0.4) is 0 Å².